The summed E-state index contributed by atoms with van der Waals surface area (Å²) in [6, 6.07) is 10.1. The minimum Gasteiger partial charge on any atom is -0.496 e. The molecule has 1 N–H and O–H groups in total. The lowest BCUT2D eigenvalue weighted by Crippen LogP contribution is -2.15. The van der Waals surface area contributed by atoms with Crippen LogP contribution in [0.5, 0.6) is 11.5 Å². The molecule has 0 aliphatic carbocycles. The molecule has 0 heterocycles. The molecule has 2 aromatic rings. The van der Waals surface area contributed by atoms with Crippen molar-refractivity contribution in [1.82, 2.24) is 0 Å². The molecule has 0 unspecified atom stereocenters. The van der Waals surface area contributed by atoms with Gasteiger partial charge in [-0.1, -0.05) is 35.3 Å². The van der Waals surface area contributed by atoms with Gasteiger partial charge in [0.05, 0.1) is 30.0 Å². The van der Waals surface area contributed by atoms with Crippen LogP contribution in [0.15, 0.2) is 36.4 Å². The van der Waals surface area contributed by atoms with E-state index in [4.69, 9.17) is 32.7 Å². The van der Waals surface area contributed by atoms with E-state index in [1.165, 1.54) is 14.2 Å². The maximum Gasteiger partial charge on any atom is 0.263 e. The van der Waals surface area contributed by atoms with Crippen LogP contribution in [0.3, 0.4) is 0 Å². The molecule has 110 valence electrons. The van der Waals surface area contributed by atoms with Gasteiger partial charge in [-0.3, -0.25) is 4.79 Å². The van der Waals surface area contributed by atoms with Crippen molar-refractivity contribution in [3.63, 3.8) is 0 Å². The van der Waals surface area contributed by atoms with Crippen molar-refractivity contribution in [2.24, 2.45) is 0 Å². The number of hydrogen-bond donors (Lipinski definition) is 1. The van der Waals surface area contributed by atoms with Crippen LogP contribution >= 0.6 is 23.2 Å². The van der Waals surface area contributed by atoms with Gasteiger partial charge in [0.25, 0.3) is 5.91 Å². The van der Waals surface area contributed by atoms with Gasteiger partial charge in [0.1, 0.15) is 17.1 Å². The minimum atomic E-state index is -0.395. The lowest BCUT2D eigenvalue weighted by Gasteiger charge is -2.13. The molecule has 1 amide bonds. The molecule has 0 aromatic heterocycles. The number of nitrogens with one attached hydrogen (secondary N) is 1. The first-order valence-corrected chi connectivity index (χ1v) is 6.80. The van der Waals surface area contributed by atoms with Crippen molar-refractivity contribution in [2.45, 2.75) is 0 Å². The van der Waals surface area contributed by atoms with Crippen LogP contribution in [0.25, 0.3) is 0 Å². The third-order valence-corrected chi connectivity index (χ3v) is 3.67. The first-order chi connectivity index (χ1) is 10.1. The average molecular weight is 326 g/mol. The normalized spacial score (nSPS) is 10.1. The maximum absolute atomic E-state index is 12.5. The second kappa shape index (κ2) is 6.70. The highest BCUT2D eigenvalue weighted by Crippen LogP contribution is 2.32. The summed E-state index contributed by atoms with van der Waals surface area (Å²) in [6.07, 6.45) is 0. The third kappa shape index (κ3) is 3.23. The van der Waals surface area contributed by atoms with Crippen molar-refractivity contribution < 1.29 is 14.3 Å². The van der Waals surface area contributed by atoms with Gasteiger partial charge in [-0.25, -0.2) is 0 Å². The summed E-state index contributed by atoms with van der Waals surface area (Å²) in [4.78, 5) is 12.5. The molecule has 4 nitrogen and oxygen atoms in total. The van der Waals surface area contributed by atoms with Gasteiger partial charge in [-0.05, 0) is 24.3 Å². The number of carbonyl (C=O) groups excluding carboxylic acids is 1. The Bertz CT molecular complexity index is 652. The molecule has 0 aliphatic heterocycles. The Labute approximate surface area is 132 Å². The van der Waals surface area contributed by atoms with Crippen molar-refractivity contribution in [3.8, 4) is 11.5 Å². The van der Waals surface area contributed by atoms with E-state index >= 15 is 0 Å². The number of methoxy groups -OCH3 is 2. The zero-order valence-corrected chi connectivity index (χ0v) is 13.0. The van der Waals surface area contributed by atoms with Crippen LogP contribution in [0, 0.1) is 0 Å². The average Bonchev–Trinajstić information content (AvgIpc) is 2.50. The molecule has 0 fully saturated rings. The molecule has 0 spiro atoms. The second-order valence-corrected chi connectivity index (χ2v) is 4.88. The van der Waals surface area contributed by atoms with Gasteiger partial charge in [0.15, 0.2) is 0 Å². The molecule has 2 rings (SSSR count). The van der Waals surface area contributed by atoms with Gasteiger partial charge >= 0.3 is 0 Å². The Morgan fingerprint density at radius 2 is 1.57 bits per heavy atom. The van der Waals surface area contributed by atoms with Crippen LogP contribution in [-0.4, -0.2) is 20.1 Å². The summed E-state index contributed by atoms with van der Waals surface area (Å²) in [5.41, 5.74) is 0.709. The molecule has 0 saturated heterocycles. The molecule has 2 aromatic carbocycles. The third-order valence-electron chi connectivity index (χ3n) is 2.85. The molecular formula is C15H13Cl2NO3. The Morgan fingerprint density at radius 1 is 1.00 bits per heavy atom. The molecule has 21 heavy (non-hydrogen) atoms. The molecule has 6 heteroatoms. The number of halogens is 2. The van der Waals surface area contributed by atoms with Crippen LogP contribution in [-0.2, 0) is 0 Å². The van der Waals surface area contributed by atoms with Crippen LogP contribution < -0.4 is 14.8 Å². The Balaban J connectivity index is 2.39. The Morgan fingerprint density at radius 3 is 2.14 bits per heavy atom. The number of ether oxygens (including phenoxy) is 2. The van der Waals surface area contributed by atoms with Crippen molar-refractivity contribution >= 4 is 34.8 Å². The van der Waals surface area contributed by atoms with Crippen LogP contribution in [0.4, 0.5) is 5.69 Å². The summed E-state index contributed by atoms with van der Waals surface area (Å²) < 4.78 is 10.4. The number of amides is 1. The van der Waals surface area contributed by atoms with E-state index in [1.54, 1.807) is 36.4 Å². The standard InChI is InChI=1S/C15H13Cl2NO3/c1-20-11-7-4-8-12(21-2)13(11)15(19)18-10-6-3-5-9(16)14(10)17/h3-8H,1-2H3,(H,18,19). The van der Waals surface area contributed by atoms with Gasteiger partial charge < -0.3 is 14.8 Å². The van der Waals surface area contributed by atoms with E-state index in [1.807, 2.05) is 0 Å². The van der Waals surface area contributed by atoms with Crippen molar-refractivity contribution in [3.05, 3.63) is 52.0 Å². The number of hydrogen-bond acceptors (Lipinski definition) is 3. The summed E-state index contributed by atoms with van der Waals surface area (Å²) in [5, 5.41) is 3.34. The fourth-order valence-corrected chi connectivity index (χ4v) is 2.21. The van der Waals surface area contributed by atoms with Gasteiger partial charge in [0, 0.05) is 0 Å². The zero-order chi connectivity index (χ0) is 15.4. The van der Waals surface area contributed by atoms with Crippen LogP contribution in [0.2, 0.25) is 10.0 Å². The second-order valence-electron chi connectivity index (χ2n) is 4.09. The first-order valence-electron chi connectivity index (χ1n) is 6.04. The van der Waals surface area contributed by atoms with Gasteiger partial charge in [-0.2, -0.15) is 0 Å². The summed E-state index contributed by atoms with van der Waals surface area (Å²) in [7, 11) is 2.97. The van der Waals surface area contributed by atoms with Gasteiger partial charge in [-0.15, -0.1) is 0 Å². The van der Waals surface area contributed by atoms with E-state index in [2.05, 4.69) is 5.32 Å². The Kier molecular flexibility index (Phi) is 4.94. The summed E-state index contributed by atoms with van der Waals surface area (Å²) in [5.74, 6) is 0.420. The molecule has 0 atom stereocenters. The fourth-order valence-electron chi connectivity index (χ4n) is 1.86. The summed E-state index contributed by atoms with van der Waals surface area (Å²) in [6.45, 7) is 0. The van der Waals surface area contributed by atoms with E-state index in [-0.39, 0.29) is 5.02 Å². The lowest BCUT2D eigenvalue weighted by molar-refractivity contribution is 0.102. The van der Waals surface area contributed by atoms with Crippen molar-refractivity contribution in [2.75, 3.05) is 19.5 Å². The largest absolute Gasteiger partial charge is 0.496 e. The number of anilines is 1. The van der Waals surface area contributed by atoms with Crippen molar-refractivity contribution in [1.29, 1.82) is 0 Å². The quantitative estimate of drug-likeness (QED) is 0.913. The molecule has 0 radical (unpaired) electrons. The Hall–Kier alpha value is -1.91. The molecule has 0 saturated carbocycles. The number of carbonyl (C=O) groups is 1. The zero-order valence-electron chi connectivity index (χ0n) is 11.4. The van der Waals surface area contributed by atoms with E-state index in [0.29, 0.717) is 27.8 Å². The highest BCUT2D eigenvalue weighted by Gasteiger charge is 2.19. The number of rotatable bonds is 4. The van der Waals surface area contributed by atoms with E-state index < -0.39 is 5.91 Å². The topological polar surface area (TPSA) is 47.6 Å². The van der Waals surface area contributed by atoms with E-state index in [9.17, 15) is 4.79 Å². The minimum absolute atomic E-state index is 0.279. The maximum atomic E-state index is 12.5. The summed E-state index contributed by atoms with van der Waals surface area (Å²) >= 11 is 12.0. The fraction of sp³-hybridized carbons (Fsp3) is 0.133. The highest BCUT2D eigenvalue weighted by molar-refractivity contribution is 6.44. The first kappa shape index (κ1) is 15.5. The SMILES string of the molecule is COc1cccc(OC)c1C(=O)Nc1cccc(Cl)c1Cl. The smallest absolute Gasteiger partial charge is 0.263 e. The monoisotopic (exact) mass is 325 g/mol. The molecular weight excluding hydrogens is 313 g/mol. The predicted octanol–water partition coefficient (Wildman–Crippen LogP) is 4.26. The van der Waals surface area contributed by atoms with Gasteiger partial charge in [0.2, 0.25) is 0 Å². The van der Waals surface area contributed by atoms with Crippen LogP contribution in [0.1, 0.15) is 10.4 Å². The lowest BCUT2D eigenvalue weighted by atomic mass is 10.1. The predicted molar refractivity (Wildman–Crippen MR) is 84.0 cm³/mol. The van der Waals surface area contributed by atoms with E-state index in [0.717, 1.165) is 0 Å². The molecule has 0 bridgehead atoms. The number of benzene rings is 2. The molecule has 0 aliphatic rings. The highest BCUT2D eigenvalue weighted by atomic mass is 35.5.